The highest BCUT2D eigenvalue weighted by Gasteiger charge is 2.52. The Morgan fingerprint density at radius 2 is 1.68 bits per heavy atom. The highest BCUT2D eigenvalue weighted by molar-refractivity contribution is 5.83. The van der Waals surface area contributed by atoms with Crippen molar-refractivity contribution in [3.05, 3.63) is 0 Å². The lowest BCUT2D eigenvalue weighted by Gasteiger charge is -2.47. The molecule has 0 unspecified atom stereocenters. The second kappa shape index (κ2) is 5.08. The van der Waals surface area contributed by atoms with E-state index >= 15 is 0 Å². The first-order valence-electron chi connectivity index (χ1n) is 8.00. The molecule has 4 saturated carbocycles. The molecule has 19 heavy (non-hydrogen) atoms. The number of carbonyl (C=O) groups is 1. The van der Waals surface area contributed by atoms with Gasteiger partial charge in [-0.25, -0.2) is 0 Å². The Morgan fingerprint density at radius 1 is 1.11 bits per heavy atom. The van der Waals surface area contributed by atoms with Crippen LogP contribution in [0.1, 0.15) is 44.9 Å². The van der Waals surface area contributed by atoms with Gasteiger partial charge >= 0.3 is 0 Å². The summed E-state index contributed by atoms with van der Waals surface area (Å²) in [5.41, 5.74) is 0.0132. The number of rotatable bonds is 4. The van der Waals surface area contributed by atoms with E-state index in [4.69, 9.17) is 0 Å². The summed E-state index contributed by atoms with van der Waals surface area (Å²) in [5, 5.41) is 3.22. The van der Waals surface area contributed by atoms with Crippen molar-refractivity contribution in [1.29, 1.82) is 0 Å². The van der Waals surface area contributed by atoms with Gasteiger partial charge in [0, 0.05) is 18.5 Å². The zero-order chi connectivity index (χ0) is 13.5. The van der Waals surface area contributed by atoms with Crippen LogP contribution in [0.15, 0.2) is 0 Å². The van der Waals surface area contributed by atoms with Crippen LogP contribution in [0.5, 0.6) is 0 Å². The summed E-state index contributed by atoms with van der Waals surface area (Å²) >= 11 is 0. The van der Waals surface area contributed by atoms with Crippen LogP contribution in [0.3, 0.4) is 0 Å². The second-order valence-electron chi connectivity index (χ2n) is 7.60. The summed E-state index contributed by atoms with van der Waals surface area (Å²) < 4.78 is 0. The van der Waals surface area contributed by atoms with Crippen LogP contribution < -0.4 is 5.32 Å². The van der Waals surface area contributed by atoms with E-state index in [0.29, 0.717) is 5.91 Å². The summed E-state index contributed by atoms with van der Waals surface area (Å²) in [6.45, 7) is 1.74. The highest BCUT2D eigenvalue weighted by Crippen LogP contribution is 2.57. The van der Waals surface area contributed by atoms with Crippen LogP contribution >= 0.6 is 0 Å². The molecule has 1 N–H and O–H groups in total. The zero-order valence-electron chi connectivity index (χ0n) is 12.5. The number of fused-ring (bicyclic) bond motifs is 1. The van der Waals surface area contributed by atoms with Crippen molar-refractivity contribution in [2.45, 2.75) is 44.9 Å². The van der Waals surface area contributed by atoms with Gasteiger partial charge in [0.2, 0.25) is 5.91 Å². The van der Waals surface area contributed by atoms with Crippen molar-refractivity contribution in [2.24, 2.45) is 23.2 Å². The molecule has 1 amide bonds. The molecule has 4 aliphatic rings. The van der Waals surface area contributed by atoms with Gasteiger partial charge in [0.15, 0.2) is 0 Å². The average molecular weight is 264 g/mol. The first-order chi connectivity index (χ1) is 9.07. The highest BCUT2D eigenvalue weighted by atomic mass is 16.2. The Hall–Kier alpha value is -0.570. The number of nitrogens with zero attached hydrogens (tertiary/aromatic N) is 1. The third kappa shape index (κ3) is 2.67. The Balaban J connectivity index is 1.67. The third-order valence-electron chi connectivity index (χ3n) is 5.68. The largest absolute Gasteiger partial charge is 0.354 e. The molecule has 0 saturated heterocycles. The number of amides is 1. The predicted molar refractivity (Wildman–Crippen MR) is 76.8 cm³/mol. The van der Waals surface area contributed by atoms with Gasteiger partial charge in [0.1, 0.15) is 0 Å². The molecule has 0 aromatic carbocycles. The molecule has 3 heteroatoms. The topological polar surface area (TPSA) is 32.3 Å². The second-order valence-corrected chi connectivity index (χ2v) is 7.60. The number of likely N-dealkylation sites (N-methyl/N-ethyl adjacent to an activating group) is 1. The van der Waals surface area contributed by atoms with Gasteiger partial charge in [-0.3, -0.25) is 4.79 Å². The molecular weight excluding hydrogens is 236 g/mol. The van der Waals surface area contributed by atoms with E-state index < -0.39 is 0 Å². The van der Waals surface area contributed by atoms with E-state index in [1.807, 2.05) is 0 Å². The molecule has 4 bridgehead atoms. The van der Waals surface area contributed by atoms with Crippen molar-refractivity contribution >= 4 is 5.91 Å². The summed E-state index contributed by atoms with van der Waals surface area (Å²) in [6.07, 6.45) is 9.10. The number of hydrogen-bond acceptors (Lipinski definition) is 2. The molecule has 4 rings (SSSR count). The fraction of sp³-hybridized carbons (Fsp3) is 0.938. The number of carbonyl (C=O) groups excluding carboxylic acids is 1. The maximum Gasteiger partial charge on any atom is 0.226 e. The lowest BCUT2D eigenvalue weighted by Crippen LogP contribution is -2.49. The van der Waals surface area contributed by atoms with Crippen molar-refractivity contribution in [3.8, 4) is 0 Å². The predicted octanol–water partition coefficient (Wildman–Crippen LogP) is 2.27. The van der Waals surface area contributed by atoms with Crippen LogP contribution in [-0.4, -0.2) is 38.0 Å². The van der Waals surface area contributed by atoms with Gasteiger partial charge in [-0.15, -0.1) is 0 Å². The number of nitrogens with one attached hydrogen (secondary N) is 1. The first kappa shape index (κ1) is 13.4. The Labute approximate surface area is 117 Å². The molecule has 0 aromatic rings. The Morgan fingerprint density at radius 3 is 2.26 bits per heavy atom. The fourth-order valence-corrected chi connectivity index (χ4v) is 5.05. The SMILES string of the molecule is CN(C)CCNC(=O)C12CC3C[C@@H](CC[C@H](C3)C1)C2. The number of hydrogen-bond donors (Lipinski definition) is 1. The van der Waals surface area contributed by atoms with Gasteiger partial charge < -0.3 is 10.2 Å². The third-order valence-corrected chi connectivity index (χ3v) is 5.68. The minimum Gasteiger partial charge on any atom is -0.354 e. The molecule has 4 fully saturated rings. The van der Waals surface area contributed by atoms with Crippen molar-refractivity contribution in [3.63, 3.8) is 0 Å². The van der Waals surface area contributed by atoms with Gasteiger partial charge in [0.25, 0.3) is 0 Å². The minimum atomic E-state index is 0.0132. The van der Waals surface area contributed by atoms with Crippen LogP contribution in [0, 0.1) is 23.2 Å². The molecule has 2 atom stereocenters. The van der Waals surface area contributed by atoms with Crippen molar-refractivity contribution in [1.82, 2.24) is 10.2 Å². The van der Waals surface area contributed by atoms with Gasteiger partial charge in [0.05, 0.1) is 0 Å². The zero-order valence-corrected chi connectivity index (χ0v) is 12.5. The quantitative estimate of drug-likeness (QED) is 0.845. The van der Waals surface area contributed by atoms with Crippen LogP contribution in [0.4, 0.5) is 0 Å². The maximum absolute atomic E-state index is 12.7. The normalized spacial score (nSPS) is 40.5. The van der Waals surface area contributed by atoms with E-state index in [2.05, 4.69) is 24.3 Å². The van der Waals surface area contributed by atoms with E-state index in [1.165, 1.54) is 44.9 Å². The van der Waals surface area contributed by atoms with Gasteiger partial charge in [-0.05, 0) is 64.0 Å². The molecule has 0 heterocycles. The lowest BCUT2D eigenvalue weighted by molar-refractivity contribution is -0.138. The molecule has 3 nitrogen and oxygen atoms in total. The van der Waals surface area contributed by atoms with Crippen molar-refractivity contribution < 1.29 is 4.79 Å². The Bertz CT molecular complexity index is 337. The lowest BCUT2D eigenvalue weighted by atomic mass is 9.58. The van der Waals surface area contributed by atoms with E-state index in [-0.39, 0.29) is 5.41 Å². The summed E-state index contributed by atoms with van der Waals surface area (Å²) in [5.74, 6) is 2.90. The molecular formula is C16H28N2O. The van der Waals surface area contributed by atoms with Crippen LogP contribution in [0.25, 0.3) is 0 Å². The summed E-state index contributed by atoms with van der Waals surface area (Å²) in [4.78, 5) is 14.8. The fourth-order valence-electron chi connectivity index (χ4n) is 5.05. The molecule has 0 radical (unpaired) electrons. The van der Waals surface area contributed by atoms with E-state index in [9.17, 15) is 4.79 Å². The molecule has 0 spiro atoms. The molecule has 4 aliphatic carbocycles. The smallest absolute Gasteiger partial charge is 0.226 e. The van der Waals surface area contributed by atoms with Crippen LogP contribution in [0.2, 0.25) is 0 Å². The Kier molecular flexibility index (Phi) is 3.59. The van der Waals surface area contributed by atoms with Crippen molar-refractivity contribution in [2.75, 3.05) is 27.2 Å². The van der Waals surface area contributed by atoms with E-state index in [0.717, 1.165) is 30.8 Å². The van der Waals surface area contributed by atoms with Gasteiger partial charge in [-0.1, -0.05) is 12.8 Å². The average Bonchev–Trinajstić information content (AvgIpc) is 2.55. The van der Waals surface area contributed by atoms with E-state index in [1.54, 1.807) is 0 Å². The first-order valence-corrected chi connectivity index (χ1v) is 8.00. The van der Waals surface area contributed by atoms with Gasteiger partial charge in [-0.2, -0.15) is 0 Å². The molecule has 0 aromatic heterocycles. The molecule has 0 aliphatic heterocycles. The van der Waals surface area contributed by atoms with Crippen LogP contribution in [-0.2, 0) is 4.79 Å². The summed E-state index contributed by atoms with van der Waals surface area (Å²) in [6, 6.07) is 0. The standard InChI is InChI=1S/C16H28N2O/c1-18(2)6-5-17-15(19)16-9-12-3-4-13(10-16)8-14(7-12)11-16/h12-14H,3-11H2,1-2H3,(H,17,19)/t12-,13-,14?,16?/m1/s1. The monoisotopic (exact) mass is 264 g/mol. The minimum absolute atomic E-state index is 0.0132. The summed E-state index contributed by atoms with van der Waals surface area (Å²) in [7, 11) is 4.11. The molecule has 108 valence electrons. The maximum atomic E-state index is 12.7.